The van der Waals surface area contributed by atoms with Gasteiger partial charge in [0.1, 0.15) is 5.82 Å². The second-order valence-electron chi connectivity index (χ2n) is 7.01. The molecule has 150 valence electrons. The summed E-state index contributed by atoms with van der Waals surface area (Å²) in [6, 6.07) is 3.45. The van der Waals surface area contributed by atoms with Crippen molar-refractivity contribution in [2.75, 3.05) is 45.8 Å². The van der Waals surface area contributed by atoms with Crippen molar-refractivity contribution >= 4 is 27.5 Å². The fourth-order valence-corrected chi connectivity index (χ4v) is 5.23. The number of carbonyl (C=O) groups excluding carboxylic acids is 1. The van der Waals surface area contributed by atoms with Gasteiger partial charge in [0.2, 0.25) is 15.9 Å². The molecule has 0 aliphatic carbocycles. The number of sulfonamides is 1. The summed E-state index contributed by atoms with van der Waals surface area (Å²) < 4.78 is 40.1. The molecular weight excluding hydrogens is 393 g/mol. The lowest BCUT2D eigenvalue weighted by molar-refractivity contribution is -0.132. The van der Waals surface area contributed by atoms with Gasteiger partial charge in [0.25, 0.3) is 0 Å². The number of piperazine rings is 1. The Hall–Kier alpha value is -1.22. The van der Waals surface area contributed by atoms with E-state index in [1.165, 1.54) is 16.8 Å². The Morgan fingerprint density at radius 2 is 1.70 bits per heavy atom. The van der Waals surface area contributed by atoms with Crippen LogP contribution in [0.1, 0.15) is 25.7 Å². The molecule has 0 aromatic heterocycles. The van der Waals surface area contributed by atoms with E-state index in [0.29, 0.717) is 39.1 Å². The SMILES string of the molecule is O=C(CCN1CCN(S(=O)(=O)c2ccc(F)c(Cl)c2)CC1)N1CCCCC1. The normalized spacial score (nSPS) is 20.0. The number of halogens is 2. The summed E-state index contributed by atoms with van der Waals surface area (Å²) in [6.07, 6.45) is 3.82. The van der Waals surface area contributed by atoms with Crippen molar-refractivity contribution in [1.82, 2.24) is 14.1 Å². The lowest BCUT2D eigenvalue weighted by Gasteiger charge is -2.34. The monoisotopic (exact) mass is 417 g/mol. The van der Waals surface area contributed by atoms with Crippen LogP contribution in [0.25, 0.3) is 0 Å². The van der Waals surface area contributed by atoms with Gasteiger partial charge in [-0.1, -0.05) is 11.6 Å². The summed E-state index contributed by atoms with van der Waals surface area (Å²) in [6.45, 7) is 4.18. The first-order valence-corrected chi connectivity index (χ1v) is 11.1. The third-order valence-electron chi connectivity index (χ3n) is 5.21. The molecule has 0 radical (unpaired) electrons. The number of piperidine rings is 1. The minimum absolute atomic E-state index is 0.00243. The quantitative estimate of drug-likeness (QED) is 0.736. The maximum absolute atomic E-state index is 13.3. The average molecular weight is 418 g/mol. The van der Waals surface area contributed by atoms with Crippen molar-refractivity contribution in [2.45, 2.75) is 30.6 Å². The number of rotatable bonds is 5. The Morgan fingerprint density at radius 3 is 2.33 bits per heavy atom. The number of benzene rings is 1. The van der Waals surface area contributed by atoms with Crippen LogP contribution in [0.3, 0.4) is 0 Å². The molecule has 0 saturated carbocycles. The molecule has 2 fully saturated rings. The van der Waals surface area contributed by atoms with Gasteiger partial charge < -0.3 is 9.80 Å². The van der Waals surface area contributed by atoms with Crippen LogP contribution in [0, 0.1) is 5.82 Å². The van der Waals surface area contributed by atoms with Crippen LogP contribution in [0.5, 0.6) is 0 Å². The Balaban J connectivity index is 1.50. The maximum atomic E-state index is 13.3. The van der Waals surface area contributed by atoms with Crippen molar-refractivity contribution in [3.8, 4) is 0 Å². The van der Waals surface area contributed by atoms with Crippen LogP contribution in [-0.2, 0) is 14.8 Å². The molecule has 0 spiro atoms. The first-order chi connectivity index (χ1) is 12.9. The van der Waals surface area contributed by atoms with E-state index >= 15 is 0 Å². The number of carbonyl (C=O) groups is 1. The van der Waals surface area contributed by atoms with Gasteiger partial charge in [-0.3, -0.25) is 4.79 Å². The van der Waals surface area contributed by atoms with Crippen LogP contribution in [0.2, 0.25) is 5.02 Å². The third kappa shape index (κ3) is 4.99. The van der Waals surface area contributed by atoms with Gasteiger partial charge in [-0.15, -0.1) is 0 Å². The average Bonchev–Trinajstić information content (AvgIpc) is 2.69. The van der Waals surface area contributed by atoms with Crippen LogP contribution in [-0.4, -0.2) is 74.2 Å². The Bertz CT molecular complexity index is 776. The molecule has 0 unspecified atom stereocenters. The van der Waals surface area contributed by atoms with Crippen molar-refractivity contribution in [3.63, 3.8) is 0 Å². The third-order valence-corrected chi connectivity index (χ3v) is 7.40. The molecule has 1 aromatic carbocycles. The van der Waals surface area contributed by atoms with Crippen LogP contribution in [0.4, 0.5) is 4.39 Å². The standard InChI is InChI=1S/C18H25ClFN3O3S/c19-16-14-15(4-5-17(16)20)27(25,26)23-12-10-21(11-13-23)9-6-18(24)22-7-2-1-3-8-22/h4-5,14H,1-3,6-13H2. The largest absolute Gasteiger partial charge is 0.343 e. The second kappa shape index (κ2) is 8.86. The molecule has 2 aliphatic rings. The Kier molecular flexibility index (Phi) is 6.73. The fourth-order valence-electron chi connectivity index (χ4n) is 3.54. The van der Waals surface area contributed by atoms with Gasteiger partial charge >= 0.3 is 0 Å². The van der Waals surface area contributed by atoms with Crippen LogP contribution >= 0.6 is 11.6 Å². The van der Waals surface area contributed by atoms with E-state index in [9.17, 15) is 17.6 Å². The number of nitrogens with zero attached hydrogens (tertiary/aromatic N) is 3. The summed E-state index contributed by atoms with van der Waals surface area (Å²) in [7, 11) is -3.69. The summed E-state index contributed by atoms with van der Waals surface area (Å²) in [5, 5.41) is -0.203. The predicted octanol–water partition coefficient (Wildman–Crippen LogP) is 2.19. The lowest BCUT2D eigenvalue weighted by atomic mass is 10.1. The van der Waals surface area contributed by atoms with E-state index < -0.39 is 15.8 Å². The number of hydrogen-bond acceptors (Lipinski definition) is 4. The van der Waals surface area contributed by atoms with Crippen LogP contribution in [0.15, 0.2) is 23.1 Å². The summed E-state index contributed by atoms with van der Waals surface area (Å²) >= 11 is 5.71. The molecular formula is C18H25ClFN3O3S. The molecule has 3 rings (SSSR count). The first kappa shape index (κ1) is 20.5. The second-order valence-corrected chi connectivity index (χ2v) is 9.36. The molecule has 0 N–H and O–H groups in total. The molecule has 2 aliphatic heterocycles. The minimum atomic E-state index is -3.69. The van der Waals surface area contributed by atoms with E-state index in [0.717, 1.165) is 38.1 Å². The highest BCUT2D eigenvalue weighted by Gasteiger charge is 2.29. The van der Waals surface area contributed by atoms with Gasteiger partial charge in [0, 0.05) is 52.2 Å². The van der Waals surface area contributed by atoms with Gasteiger partial charge in [0.05, 0.1) is 9.92 Å². The highest BCUT2D eigenvalue weighted by atomic mass is 35.5. The van der Waals surface area contributed by atoms with Crippen molar-refractivity contribution in [1.29, 1.82) is 0 Å². The molecule has 0 atom stereocenters. The highest BCUT2D eigenvalue weighted by molar-refractivity contribution is 7.89. The van der Waals surface area contributed by atoms with Crippen molar-refractivity contribution in [2.24, 2.45) is 0 Å². The predicted molar refractivity (Wildman–Crippen MR) is 102 cm³/mol. The van der Waals surface area contributed by atoms with Gasteiger partial charge in [-0.25, -0.2) is 12.8 Å². The van der Waals surface area contributed by atoms with Crippen molar-refractivity contribution in [3.05, 3.63) is 29.0 Å². The molecule has 2 heterocycles. The van der Waals surface area contributed by atoms with E-state index in [1.807, 2.05) is 4.90 Å². The topological polar surface area (TPSA) is 60.9 Å². The summed E-state index contributed by atoms with van der Waals surface area (Å²) in [5.74, 6) is -0.454. The maximum Gasteiger partial charge on any atom is 0.243 e. The van der Waals surface area contributed by atoms with Crippen LogP contribution < -0.4 is 0 Å². The Labute approximate surface area is 164 Å². The minimum Gasteiger partial charge on any atom is -0.343 e. The molecule has 1 amide bonds. The molecule has 0 bridgehead atoms. The van der Waals surface area contributed by atoms with Gasteiger partial charge in [-0.05, 0) is 37.5 Å². The Morgan fingerprint density at radius 1 is 1.04 bits per heavy atom. The number of amides is 1. The lowest BCUT2D eigenvalue weighted by Crippen LogP contribution is -2.49. The molecule has 2 saturated heterocycles. The zero-order valence-corrected chi connectivity index (χ0v) is 16.8. The smallest absolute Gasteiger partial charge is 0.243 e. The molecule has 1 aromatic rings. The van der Waals surface area contributed by atoms with E-state index in [2.05, 4.69) is 4.90 Å². The van der Waals surface area contributed by atoms with Crippen molar-refractivity contribution < 1.29 is 17.6 Å². The fraction of sp³-hybridized carbons (Fsp3) is 0.611. The number of hydrogen-bond donors (Lipinski definition) is 0. The zero-order chi connectivity index (χ0) is 19.4. The van der Waals surface area contributed by atoms with E-state index in [-0.39, 0.29) is 15.8 Å². The molecule has 27 heavy (non-hydrogen) atoms. The molecule has 9 heteroatoms. The summed E-state index contributed by atoms with van der Waals surface area (Å²) in [5.41, 5.74) is 0. The van der Waals surface area contributed by atoms with E-state index in [1.54, 1.807) is 0 Å². The zero-order valence-electron chi connectivity index (χ0n) is 15.2. The molecule has 6 nitrogen and oxygen atoms in total. The number of likely N-dealkylation sites (tertiary alicyclic amines) is 1. The highest BCUT2D eigenvalue weighted by Crippen LogP contribution is 2.23. The first-order valence-electron chi connectivity index (χ1n) is 9.33. The summed E-state index contributed by atoms with van der Waals surface area (Å²) in [4.78, 5) is 16.3. The van der Waals surface area contributed by atoms with Gasteiger partial charge in [-0.2, -0.15) is 4.31 Å². The van der Waals surface area contributed by atoms with Gasteiger partial charge in [0.15, 0.2) is 0 Å². The van der Waals surface area contributed by atoms with E-state index in [4.69, 9.17) is 11.6 Å².